The molecule has 2 saturated heterocycles. The fourth-order valence-electron chi connectivity index (χ4n) is 2.52. The molecule has 2 aliphatic heterocycles. The van der Waals surface area contributed by atoms with E-state index in [9.17, 15) is 9.59 Å². The van der Waals surface area contributed by atoms with Crippen LogP contribution in [0.3, 0.4) is 0 Å². The Morgan fingerprint density at radius 1 is 1.52 bits per heavy atom. The van der Waals surface area contributed by atoms with Gasteiger partial charge in [-0.25, -0.2) is 9.78 Å². The summed E-state index contributed by atoms with van der Waals surface area (Å²) in [4.78, 5) is 31.5. The first-order chi connectivity index (χ1) is 10.2. The van der Waals surface area contributed by atoms with E-state index in [4.69, 9.17) is 4.74 Å². The minimum atomic E-state index is -0.197. The van der Waals surface area contributed by atoms with E-state index in [1.807, 2.05) is 5.38 Å². The van der Waals surface area contributed by atoms with Crippen LogP contribution in [0.5, 0.6) is 0 Å². The zero-order valence-electron chi connectivity index (χ0n) is 11.7. The lowest BCUT2D eigenvalue weighted by Gasteiger charge is -2.33. The number of carbonyl (C=O) groups is 2. The van der Waals surface area contributed by atoms with Crippen LogP contribution in [0.2, 0.25) is 0 Å². The molecule has 0 aromatic carbocycles. The van der Waals surface area contributed by atoms with Crippen LogP contribution in [0.1, 0.15) is 12.8 Å². The van der Waals surface area contributed by atoms with Gasteiger partial charge >= 0.3 is 6.03 Å². The van der Waals surface area contributed by atoms with Gasteiger partial charge in [0, 0.05) is 37.8 Å². The van der Waals surface area contributed by atoms with Crippen molar-refractivity contribution >= 4 is 28.4 Å². The van der Waals surface area contributed by atoms with Crippen LogP contribution in [-0.2, 0) is 9.53 Å². The number of amides is 3. The third-order valence-corrected chi connectivity index (χ3v) is 4.46. The highest BCUT2D eigenvalue weighted by Crippen LogP contribution is 2.19. The second kappa shape index (κ2) is 6.40. The van der Waals surface area contributed by atoms with Gasteiger partial charge < -0.3 is 15.0 Å². The van der Waals surface area contributed by atoms with Gasteiger partial charge in [0.05, 0.1) is 6.10 Å². The number of anilines is 1. The maximum Gasteiger partial charge on any atom is 0.318 e. The van der Waals surface area contributed by atoms with Crippen LogP contribution in [0, 0.1) is 0 Å². The second-order valence-electron chi connectivity index (χ2n) is 5.10. The van der Waals surface area contributed by atoms with Crippen molar-refractivity contribution in [1.29, 1.82) is 0 Å². The quantitative estimate of drug-likeness (QED) is 0.891. The molecule has 2 aliphatic rings. The van der Waals surface area contributed by atoms with Gasteiger partial charge in [-0.1, -0.05) is 0 Å². The van der Waals surface area contributed by atoms with Gasteiger partial charge in [0.25, 0.3) is 0 Å². The predicted molar refractivity (Wildman–Crippen MR) is 78.4 cm³/mol. The molecule has 0 aliphatic carbocycles. The van der Waals surface area contributed by atoms with Crippen molar-refractivity contribution in [3.63, 3.8) is 0 Å². The van der Waals surface area contributed by atoms with Crippen molar-refractivity contribution < 1.29 is 14.3 Å². The molecule has 114 valence electrons. The summed E-state index contributed by atoms with van der Waals surface area (Å²) in [7, 11) is 0. The van der Waals surface area contributed by atoms with Gasteiger partial charge in [0.15, 0.2) is 5.13 Å². The highest BCUT2D eigenvalue weighted by atomic mass is 32.1. The van der Waals surface area contributed by atoms with Crippen LogP contribution in [0.4, 0.5) is 9.93 Å². The summed E-state index contributed by atoms with van der Waals surface area (Å²) >= 11 is 1.43. The van der Waals surface area contributed by atoms with Crippen molar-refractivity contribution in [3.8, 4) is 0 Å². The maximum absolute atomic E-state index is 12.1. The molecule has 1 N–H and O–H groups in total. The van der Waals surface area contributed by atoms with Gasteiger partial charge in [-0.3, -0.25) is 9.69 Å². The number of hydrogen-bond acceptors (Lipinski definition) is 5. The lowest BCUT2D eigenvalue weighted by atomic mass is 10.2. The molecule has 0 radical (unpaired) electrons. The van der Waals surface area contributed by atoms with Crippen LogP contribution in [-0.4, -0.2) is 60.7 Å². The average Bonchev–Trinajstić information content (AvgIpc) is 3.17. The molecule has 0 saturated carbocycles. The first-order valence-corrected chi connectivity index (χ1v) is 7.96. The summed E-state index contributed by atoms with van der Waals surface area (Å²) in [6.07, 6.45) is 3.82. The third kappa shape index (κ3) is 3.33. The number of hydrogen-bond donors (Lipinski definition) is 1. The topological polar surface area (TPSA) is 74.8 Å². The number of aromatic nitrogens is 1. The molecule has 0 unspecified atom stereocenters. The number of ether oxygens (including phenoxy) is 1. The molecule has 21 heavy (non-hydrogen) atoms. The summed E-state index contributed by atoms with van der Waals surface area (Å²) in [5.41, 5.74) is 0. The summed E-state index contributed by atoms with van der Waals surface area (Å²) in [5, 5.41) is 5.37. The smallest absolute Gasteiger partial charge is 0.318 e. The Hall–Kier alpha value is -1.67. The molecule has 7 nitrogen and oxygen atoms in total. The van der Waals surface area contributed by atoms with Gasteiger partial charge in [-0.15, -0.1) is 11.3 Å². The molecule has 3 rings (SSSR count). The zero-order valence-corrected chi connectivity index (χ0v) is 12.5. The molecular weight excluding hydrogens is 292 g/mol. The number of nitrogens with zero attached hydrogens (tertiary/aromatic N) is 3. The fourth-order valence-corrected chi connectivity index (χ4v) is 3.20. The lowest BCUT2D eigenvalue weighted by Crippen LogP contribution is -2.55. The maximum atomic E-state index is 12.1. The van der Waals surface area contributed by atoms with E-state index >= 15 is 0 Å². The molecule has 3 amide bonds. The zero-order chi connectivity index (χ0) is 14.7. The van der Waals surface area contributed by atoms with Crippen LogP contribution >= 0.6 is 11.3 Å². The largest absolute Gasteiger partial charge is 0.376 e. The predicted octanol–water partition coefficient (Wildman–Crippen LogP) is 0.680. The lowest BCUT2D eigenvalue weighted by molar-refractivity contribution is -0.120. The number of carbonyl (C=O) groups excluding carboxylic acids is 2. The van der Waals surface area contributed by atoms with Crippen LogP contribution in [0.25, 0.3) is 0 Å². The molecule has 1 aromatic rings. The van der Waals surface area contributed by atoms with E-state index in [0.29, 0.717) is 24.8 Å². The Balaban J connectivity index is 1.49. The number of nitrogens with one attached hydrogen (secondary N) is 1. The summed E-state index contributed by atoms with van der Waals surface area (Å²) in [5.74, 6) is -0.0940. The average molecular weight is 310 g/mol. The Morgan fingerprint density at radius 3 is 3.10 bits per heavy atom. The highest BCUT2D eigenvalue weighted by Gasteiger charge is 2.29. The Kier molecular flexibility index (Phi) is 4.35. The number of urea groups is 1. The summed E-state index contributed by atoms with van der Waals surface area (Å²) in [6, 6.07) is -0.197. The van der Waals surface area contributed by atoms with E-state index in [1.54, 1.807) is 16.0 Å². The molecular formula is C13H18N4O3S. The highest BCUT2D eigenvalue weighted by molar-refractivity contribution is 7.13. The SMILES string of the molecule is O=C(NC[C@H]1CCCO1)N1CCN(c2nccs2)C(=O)C1. The minimum absolute atomic E-state index is 0.0940. The fraction of sp³-hybridized carbons (Fsp3) is 0.615. The van der Waals surface area contributed by atoms with Gasteiger partial charge in [-0.05, 0) is 12.8 Å². The molecule has 1 aromatic heterocycles. The standard InChI is InChI=1S/C13H18N4O3S/c18-11-9-16(4-5-17(11)13-14-3-7-21-13)12(19)15-8-10-2-1-6-20-10/h3,7,10H,1-2,4-6,8-9H2,(H,15,19)/t10-/m1/s1. The Bertz CT molecular complexity index is 502. The number of piperazine rings is 1. The van der Waals surface area contributed by atoms with E-state index < -0.39 is 0 Å². The van der Waals surface area contributed by atoms with Crippen molar-refractivity contribution in [2.24, 2.45) is 0 Å². The number of rotatable bonds is 3. The van der Waals surface area contributed by atoms with E-state index in [0.717, 1.165) is 19.4 Å². The molecule has 8 heteroatoms. The number of thiazole rings is 1. The molecule has 3 heterocycles. The summed E-state index contributed by atoms with van der Waals surface area (Å²) < 4.78 is 5.46. The Labute approximate surface area is 126 Å². The van der Waals surface area contributed by atoms with Crippen LogP contribution < -0.4 is 10.2 Å². The van der Waals surface area contributed by atoms with Crippen molar-refractivity contribution in [3.05, 3.63) is 11.6 Å². The van der Waals surface area contributed by atoms with Crippen molar-refractivity contribution in [2.75, 3.05) is 37.7 Å². The van der Waals surface area contributed by atoms with Crippen molar-refractivity contribution in [1.82, 2.24) is 15.2 Å². The monoisotopic (exact) mass is 310 g/mol. The van der Waals surface area contributed by atoms with Gasteiger partial charge in [0.1, 0.15) is 6.54 Å². The molecule has 1 atom stereocenters. The molecule has 0 spiro atoms. The van der Waals surface area contributed by atoms with Crippen LogP contribution in [0.15, 0.2) is 11.6 Å². The van der Waals surface area contributed by atoms with Crippen molar-refractivity contribution in [2.45, 2.75) is 18.9 Å². The third-order valence-electron chi connectivity index (χ3n) is 3.66. The molecule has 0 bridgehead atoms. The first kappa shape index (κ1) is 14.3. The van der Waals surface area contributed by atoms with E-state index in [1.165, 1.54) is 11.3 Å². The normalized spacial score (nSPS) is 22.7. The second-order valence-corrected chi connectivity index (χ2v) is 5.98. The first-order valence-electron chi connectivity index (χ1n) is 7.08. The summed E-state index contributed by atoms with van der Waals surface area (Å²) in [6.45, 7) is 2.38. The Morgan fingerprint density at radius 2 is 2.43 bits per heavy atom. The van der Waals surface area contributed by atoms with E-state index in [2.05, 4.69) is 10.3 Å². The molecule has 2 fully saturated rings. The van der Waals surface area contributed by atoms with Gasteiger partial charge in [0.2, 0.25) is 5.91 Å². The van der Waals surface area contributed by atoms with E-state index in [-0.39, 0.29) is 24.6 Å². The van der Waals surface area contributed by atoms with Gasteiger partial charge in [-0.2, -0.15) is 0 Å². The minimum Gasteiger partial charge on any atom is -0.376 e.